The molecule has 0 nitrogen and oxygen atoms in total. The maximum atomic E-state index is 2.72. The summed E-state index contributed by atoms with van der Waals surface area (Å²) in [4.78, 5) is 0. The average Bonchev–Trinajstić information content (AvgIpc) is 3.25. The molecule has 1 aromatic rings. The van der Waals surface area contributed by atoms with Gasteiger partial charge in [0.1, 0.15) is 0 Å². The first-order valence-corrected chi connectivity index (χ1v) is 21.1. The Morgan fingerprint density at radius 2 is 1.38 bits per heavy atom. The van der Waals surface area contributed by atoms with Gasteiger partial charge in [-0.05, 0) is 0 Å². The molecule has 0 atom stereocenters. The van der Waals surface area contributed by atoms with E-state index in [1.54, 1.807) is 50.1 Å². The molecule has 0 saturated carbocycles. The Bertz CT molecular complexity index is 894. The number of aryl methyl sites for hydroxylation is 1. The topological polar surface area (TPSA) is 0 Å². The monoisotopic (exact) mass is 514 g/mol. The third kappa shape index (κ3) is 2.16. The van der Waals surface area contributed by atoms with Crippen molar-refractivity contribution < 1.29 is 20.0 Å². The molecule has 0 unspecified atom stereocenters. The number of fused-ring (bicyclic) bond motifs is 3. The van der Waals surface area contributed by atoms with Gasteiger partial charge >= 0.3 is 165 Å². The molecule has 0 bridgehead atoms. The van der Waals surface area contributed by atoms with Gasteiger partial charge in [0, 0.05) is 0 Å². The summed E-state index contributed by atoms with van der Waals surface area (Å²) in [6.07, 6.45) is 5.17. The number of benzene rings is 1. The molecule has 0 aliphatic heterocycles. The summed E-state index contributed by atoms with van der Waals surface area (Å²) in [5.41, 5.74) is 14.8. The molecule has 138 valence electrons. The molecular formula is C25H34Hf. The molecule has 0 spiro atoms. The molecule has 0 amide bonds. The molecule has 0 aromatic heterocycles. The fraction of sp³-hybridized carbons (Fsp3) is 0.520. The van der Waals surface area contributed by atoms with Crippen LogP contribution in [-0.4, -0.2) is 0 Å². The second-order valence-electron chi connectivity index (χ2n) is 9.62. The van der Waals surface area contributed by atoms with Gasteiger partial charge in [-0.1, -0.05) is 0 Å². The third-order valence-corrected chi connectivity index (χ3v) is 27.8. The number of rotatable bonds is 2. The van der Waals surface area contributed by atoms with Crippen LogP contribution in [0.1, 0.15) is 70.2 Å². The van der Waals surface area contributed by atoms with E-state index >= 15 is 0 Å². The molecule has 4 rings (SSSR count). The molecule has 3 aliphatic carbocycles. The van der Waals surface area contributed by atoms with Gasteiger partial charge in [-0.15, -0.1) is 0 Å². The normalized spacial score (nSPS) is 21.8. The SMILES string of the molecule is CC1=C(C)[C](C)([Hf]([CH3])([CH3])[C]2=C(C)c3c(ccc4c3CCC4)C2)C(C)=C1C. The quantitative estimate of drug-likeness (QED) is 0.358. The zero-order valence-electron chi connectivity index (χ0n) is 18.0. The summed E-state index contributed by atoms with van der Waals surface area (Å²) >= 11 is -2.79. The van der Waals surface area contributed by atoms with E-state index in [2.05, 4.69) is 63.0 Å². The molecule has 1 aromatic carbocycles. The van der Waals surface area contributed by atoms with Gasteiger partial charge in [0.05, 0.1) is 0 Å². The second-order valence-corrected chi connectivity index (χ2v) is 27.1. The van der Waals surface area contributed by atoms with Crippen molar-refractivity contribution in [3.8, 4) is 0 Å². The first kappa shape index (κ1) is 18.7. The van der Waals surface area contributed by atoms with Crippen molar-refractivity contribution in [2.24, 2.45) is 0 Å². The van der Waals surface area contributed by atoms with Crippen molar-refractivity contribution in [1.82, 2.24) is 0 Å². The van der Waals surface area contributed by atoms with Crippen LogP contribution in [0.25, 0.3) is 5.57 Å². The van der Waals surface area contributed by atoms with Crippen molar-refractivity contribution in [2.75, 3.05) is 0 Å². The minimum atomic E-state index is -2.79. The van der Waals surface area contributed by atoms with Crippen LogP contribution in [0.15, 0.2) is 37.8 Å². The van der Waals surface area contributed by atoms with Crippen molar-refractivity contribution >= 4 is 5.57 Å². The number of hydrogen-bond donors (Lipinski definition) is 0. The van der Waals surface area contributed by atoms with Crippen LogP contribution >= 0.6 is 0 Å². The van der Waals surface area contributed by atoms with E-state index < -0.39 is 20.0 Å². The fourth-order valence-electron chi connectivity index (χ4n) is 6.33. The van der Waals surface area contributed by atoms with E-state index in [1.165, 1.54) is 25.7 Å². The van der Waals surface area contributed by atoms with Crippen molar-refractivity contribution in [1.29, 1.82) is 0 Å². The van der Waals surface area contributed by atoms with E-state index in [1.807, 2.05) is 3.33 Å². The summed E-state index contributed by atoms with van der Waals surface area (Å²) < 4.78 is 7.66. The molecule has 0 saturated heterocycles. The molecule has 0 heterocycles. The Kier molecular flexibility index (Phi) is 4.24. The number of allylic oxidation sites excluding steroid dienone is 6. The van der Waals surface area contributed by atoms with Crippen LogP contribution in [0, 0.1) is 0 Å². The van der Waals surface area contributed by atoms with Gasteiger partial charge in [0.15, 0.2) is 0 Å². The van der Waals surface area contributed by atoms with Crippen molar-refractivity contribution in [3.63, 3.8) is 0 Å². The van der Waals surface area contributed by atoms with Gasteiger partial charge in [-0.25, -0.2) is 0 Å². The van der Waals surface area contributed by atoms with Gasteiger partial charge in [-0.3, -0.25) is 0 Å². The maximum absolute atomic E-state index is 2.79. The van der Waals surface area contributed by atoms with Crippen molar-refractivity contribution in [2.45, 2.75) is 79.8 Å². The Hall–Kier alpha value is -0.690. The minimum absolute atomic E-state index is 0.336. The Morgan fingerprint density at radius 1 is 0.808 bits per heavy atom. The summed E-state index contributed by atoms with van der Waals surface area (Å²) in [7, 11) is 0. The van der Waals surface area contributed by atoms with E-state index in [-0.39, 0.29) is 0 Å². The predicted molar refractivity (Wildman–Crippen MR) is 112 cm³/mol. The summed E-state index contributed by atoms with van der Waals surface area (Å²) in [6.45, 7) is 14.6. The van der Waals surface area contributed by atoms with Gasteiger partial charge in [0.25, 0.3) is 0 Å². The molecule has 0 radical (unpaired) electrons. The van der Waals surface area contributed by atoms with E-state index in [0.29, 0.717) is 3.17 Å². The standard InChI is InChI=1S/C13H13.C10H15.2CH3.Hf/c1-9-5-6-11-8-7-10-3-2-4-12(10)13(9)11;1-6-7(2)9(4)10(5)8(6)3;;;/h7-8H,2-4,6H2,1H3;1-5H3;2*1H3;. The Morgan fingerprint density at radius 3 is 2.00 bits per heavy atom. The van der Waals surface area contributed by atoms with Crippen molar-refractivity contribution in [3.05, 3.63) is 60.0 Å². The first-order chi connectivity index (χ1) is 12.1. The second kappa shape index (κ2) is 5.90. The third-order valence-electron chi connectivity index (χ3n) is 8.76. The summed E-state index contributed by atoms with van der Waals surface area (Å²) in [5, 5.41) is 0. The number of hydrogen-bond acceptors (Lipinski definition) is 0. The van der Waals surface area contributed by atoms with E-state index in [0.717, 1.165) is 0 Å². The van der Waals surface area contributed by atoms with Crippen LogP contribution in [0.5, 0.6) is 0 Å². The van der Waals surface area contributed by atoms with Gasteiger partial charge in [-0.2, -0.15) is 0 Å². The van der Waals surface area contributed by atoms with Crippen LogP contribution in [0.3, 0.4) is 0 Å². The molecular weight excluding hydrogens is 479 g/mol. The Balaban J connectivity index is 1.88. The predicted octanol–water partition coefficient (Wildman–Crippen LogP) is 7.58. The summed E-state index contributed by atoms with van der Waals surface area (Å²) in [5.74, 6) is 0. The zero-order chi connectivity index (χ0) is 19.0. The molecule has 26 heavy (non-hydrogen) atoms. The van der Waals surface area contributed by atoms with E-state index in [9.17, 15) is 0 Å². The fourth-order valence-corrected chi connectivity index (χ4v) is 22.7. The summed E-state index contributed by atoms with van der Waals surface area (Å²) in [6, 6.07) is 4.89. The molecule has 1 heteroatoms. The van der Waals surface area contributed by atoms with Crippen LogP contribution in [0.4, 0.5) is 0 Å². The van der Waals surface area contributed by atoms with Gasteiger partial charge in [0.2, 0.25) is 0 Å². The molecule has 0 N–H and O–H groups in total. The first-order valence-electron chi connectivity index (χ1n) is 10.3. The zero-order valence-corrected chi connectivity index (χ0v) is 21.6. The van der Waals surface area contributed by atoms with Crippen LogP contribution in [0.2, 0.25) is 12.5 Å². The van der Waals surface area contributed by atoms with E-state index in [4.69, 9.17) is 0 Å². The van der Waals surface area contributed by atoms with Crippen LogP contribution in [-0.2, 0) is 39.2 Å². The molecule has 0 fully saturated rings. The molecule has 3 aliphatic rings. The average molecular weight is 513 g/mol. The Labute approximate surface area is 164 Å². The van der Waals surface area contributed by atoms with Crippen LogP contribution < -0.4 is 0 Å². The van der Waals surface area contributed by atoms with Gasteiger partial charge < -0.3 is 0 Å².